The van der Waals surface area contributed by atoms with E-state index in [0.717, 1.165) is 17.2 Å². The number of carbonyl (C=O) groups excluding carboxylic acids is 1. The molecule has 1 aromatic heterocycles. The van der Waals surface area contributed by atoms with Crippen LogP contribution >= 0.6 is 0 Å². The summed E-state index contributed by atoms with van der Waals surface area (Å²) in [5, 5.41) is 0.953. The smallest absolute Gasteiger partial charge is 0.166 e. The van der Waals surface area contributed by atoms with Crippen molar-refractivity contribution in [3.05, 3.63) is 36.0 Å². The minimum absolute atomic E-state index is 0.506. The Morgan fingerprint density at radius 3 is 2.91 bits per heavy atom. The maximum absolute atomic E-state index is 10.3. The Kier molecular flexibility index (Phi) is 1.25. The Balaban J connectivity index is 2.78. The second-order valence-corrected chi connectivity index (χ2v) is 2.33. The maximum atomic E-state index is 10.3. The molecule has 0 aliphatic heterocycles. The van der Waals surface area contributed by atoms with Crippen LogP contribution in [0.1, 0.15) is 10.5 Å². The first-order valence-corrected chi connectivity index (χ1v) is 3.35. The molecular formula is C9H6NO. The summed E-state index contributed by atoms with van der Waals surface area (Å²) in [5.74, 6) is 0. The van der Waals surface area contributed by atoms with Crippen molar-refractivity contribution in [3.63, 3.8) is 0 Å². The molecule has 0 unspecified atom stereocenters. The number of aldehydes is 1. The summed E-state index contributed by atoms with van der Waals surface area (Å²) in [4.78, 5) is 13.2. The van der Waals surface area contributed by atoms with Gasteiger partial charge in [0.15, 0.2) is 6.29 Å². The number of aromatic amines is 1. The SMILES string of the molecule is O=Cc1[c]c2ccccc2[nH]1. The van der Waals surface area contributed by atoms with Gasteiger partial charge in [-0.2, -0.15) is 0 Å². The molecule has 1 aromatic carbocycles. The first kappa shape index (κ1) is 6.16. The van der Waals surface area contributed by atoms with Gasteiger partial charge in [0.05, 0.1) is 5.69 Å². The van der Waals surface area contributed by atoms with Crippen LogP contribution in [0.2, 0.25) is 0 Å². The molecule has 1 radical (unpaired) electrons. The van der Waals surface area contributed by atoms with Crippen molar-refractivity contribution in [2.45, 2.75) is 0 Å². The zero-order valence-electron chi connectivity index (χ0n) is 5.79. The summed E-state index contributed by atoms with van der Waals surface area (Å²) < 4.78 is 0. The zero-order valence-corrected chi connectivity index (χ0v) is 5.79. The van der Waals surface area contributed by atoms with Gasteiger partial charge < -0.3 is 4.98 Å². The molecule has 2 aromatic rings. The molecule has 1 heterocycles. The maximum Gasteiger partial charge on any atom is 0.166 e. The number of benzene rings is 1. The van der Waals surface area contributed by atoms with Crippen LogP contribution in [0.3, 0.4) is 0 Å². The van der Waals surface area contributed by atoms with Crippen molar-refractivity contribution in [1.82, 2.24) is 4.98 Å². The lowest BCUT2D eigenvalue weighted by molar-refractivity contribution is 0.111. The molecular weight excluding hydrogens is 138 g/mol. The first-order chi connectivity index (χ1) is 5.40. The standard InChI is InChI=1S/C9H6NO/c11-6-8-5-7-3-1-2-4-9(7)10-8/h1-4,6,10H. The molecule has 0 aliphatic carbocycles. The van der Waals surface area contributed by atoms with Crippen LogP contribution in [0.4, 0.5) is 0 Å². The van der Waals surface area contributed by atoms with E-state index in [9.17, 15) is 4.79 Å². The average molecular weight is 144 g/mol. The van der Waals surface area contributed by atoms with Gasteiger partial charge in [0.1, 0.15) is 0 Å². The van der Waals surface area contributed by atoms with Crippen molar-refractivity contribution in [2.75, 3.05) is 0 Å². The van der Waals surface area contributed by atoms with Gasteiger partial charge in [-0.25, -0.2) is 0 Å². The highest BCUT2D eigenvalue weighted by molar-refractivity contribution is 5.86. The van der Waals surface area contributed by atoms with E-state index in [2.05, 4.69) is 11.1 Å². The summed E-state index contributed by atoms with van der Waals surface area (Å²) in [6.45, 7) is 0. The van der Waals surface area contributed by atoms with Gasteiger partial charge in [-0.3, -0.25) is 4.79 Å². The number of aromatic nitrogens is 1. The van der Waals surface area contributed by atoms with Crippen LogP contribution in [0.25, 0.3) is 10.9 Å². The first-order valence-electron chi connectivity index (χ1n) is 3.35. The van der Waals surface area contributed by atoms with Crippen LogP contribution in [-0.2, 0) is 0 Å². The largest absolute Gasteiger partial charge is 0.352 e. The van der Waals surface area contributed by atoms with Gasteiger partial charge in [-0.15, -0.1) is 0 Å². The number of fused-ring (bicyclic) bond motifs is 1. The molecule has 0 saturated carbocycles. The molecule has 11 heavy (non-hydrogen) atoms. The Morgan fingerprint density at radius 2 is 2.18 bits per heavy atom. The van der Waals surface area contributed by atoms with Crippen LogP contribution in [0.15, 0.2) is 24.3 Å². The summed E-state index contributed by atoms with van der Waals surface area (Å²) in [6.07, 6.45) is 0.764. The molecule has 0 bridgehead atoms. The number of hydrogen-bond acceptors (Lipinski definition) is 1. The van der Waals surface area contributed by atoms with Crippen LogP contribution in [-0.4, -0.2) is 11.3 Å². The predicted molar refractivity (Wildman–Crippen MR) is 42.5 cm³/mol. The summed E-state index contributed by atoms with van der Waals surface area (Å²) in [5.41, 5.74) is 1.46. The molecule has 0 fully saturated rings. The van der Waals surface area contributed by atoms with Crippen molar-refractivity contribution in [3.8, 4) is 0 Å². The van der Waals surface area contributed by atoms with Gasteiger partial charge in [0.2, 0.25) is 0 Å². The molecule has 0 saturated heterocycles. The van der Waals surface area contributed by atoms with Crippen LogP contribution in [0, 0.1) is 6.07 Å². The van der Waals surface area contributed by atoms with E-state index in [-0.39, 0.29) is 0 Å². The van der Waals surface area contributed by atoms with Gasteiger partial charge in [-0.05, 0) is 6.07 Å². The highest BCUT2D eigenvalue weighted by atomic mass is 16.1. The monoisotopic (exact) mass is 144 g/mol. The Labute approximate surface area is 63.8 Å². The van der Waals surface area contributed by atoms with E-state index in [1.165, 1.54) is 0 Å². The third kappa shape index (κ3) is 0.923. The number of para-hydroxylation sites is 1. The number of H-pyrrole nitrogens is 1. The highest BCUT2D eigenvalue weighted by Crippen LogP contribution is 2.11. The fourth-order valence-electron chi connectivity index (χ4n) is 1.08. The van der Waals surface area contributed by atoms with E-state index in [0.29, 0.717) is 5.69 Å². The average Bonchev–Trinajstić information content (AvgIpc) is 2.46. The number of nitrogens with one attached hydrogen (secondary N) is 1. The lowest BCUT2D eigenvalue weighted by Crippen LogP contribution is -1.74. The summed E-state index contributed by atoms with van der Waals surface area (Å²) in [7, 11) is 0. The highest BCUT2D eigenvalue weighted by Gasteiger charge is 1.96. The van der Waals surface area contributed by atoms with Gasteiger partial charge >= 0.3 is 0 Å². The van der Waals surface area contributed by atoms with Crippen molar-refractivity contribution < 1.29 is 4.79 Å². The minimum Gasteiger partial charge on any atom is -0.352 e. The lowest BCUT2D eigenvalue weighted by Gasteiger charge is -1.83. The predicted octanol–water partition coefficient (Wildman–Crippen LogP) is 1.78. The Hall–Kier alpha value is -1.57. The molecule has 2 heteroatoms. The van der Waals surface area contributed by atoms with Gasteiger partial charge in [0.25, 0.3) is 0 Å². The molecule has 2 nitrogen and oxygen atoms in total. The summed E-state index contributed by atoms with van der Waals surface area (Å²) in [6, 6.07) is 10.6. The second-order valence-electron chi connectivity index (χ2n) is 2.33. The van der Waals surface area contributed by atoms with Crippen LogP contribution < -0.4 is 0 Å². The molecule has 0 atom stereocenters. The van der Waals surface area contributed by atoms with Crippen molar-refractivity contribution in [1.29, 1.82) is 0 Å². The summed E-state index contributed by atoms with van der Waals surface area (Å²) >= 11 is 0. The topological polar surface area (TPSA) is 32.9 Å². The third-order valence-corrected chi connectivity index (χ3v) is 1.58. The van der Waals surface area contributed by atoms with Crippen molar-refractivity contribution >= 4 is 17.2 Å². The fourth-order valence-corrected chi connectivity index (χ4v) is 1.08. The van der Waals surface area contributed by atoms with E-state index < -0.39 is 0 Å². The molecule has 0 amide bonds. The Bertz CT molecular complexity index is 356. The van der Waals surface area contributed by atoms with E-state index in [1.807, 2.05) is 24.3 Å². The zero-order chi connectivity index (χ0) is 7.68. The van der Waals surface area contributed by atoms with Crippen molar-refractivity contribution in [2.24, 2.45) is 0 Å². The quantitative estimate of drug-likeness (QED) is 0.608. The van der Waals surface area contributed by atoms with Gasteiger partial charge in [0, 0.05) is 17.0 Å². The number of rotatable bonds is 1. The van der Waals surface area contributed by atoms with Crippen LogP contribution in [0.5, 0.6) is 0 Å². The van der Waals surface area contributed by atoms with E-state index in [1.54, 1.807) is 0 Å². The molecule has 53 valence electrons. The third-order valence-electron chi connectivity index (χ3n) is 1.58. The van der Waals surface area contributed by atoms with Gasteiger partial charge in [-0.1, -0.05) is 18.2 Å². The minimum atomic E-state index is 0.506. The normalized spacial score (nSPS) is 10.2. The van der Waals surface area contributed by atoms with E-state index >= 15 is 0 Å². The Morgan fingerprint density at radius 1 is 1.36 bits per heavy atom. The lowest BCUT2D eigenvalue weighted by atomic mass is 10.2. The second kappa shape index (κ2) is 2.23. The van der Waals surface area contributed by atoms with E-state index in [4.69, 9.17) is 0 Å². The molecule has 1 N–H and O–H groups in total. The number of hydrogen-bond donors (Lipinski definition) is 1. The molecule has 0 spiro atoms. The number of carbonyl (C=O) groups is 1. The molecule has 2 rings (SSSR count). The molecule has 0 aliphatic rings. The fraction of sp³-hybridized carbons (Fsp3) is 0.